The minimum absolute atomic E-state index is 0.0618. The largest absolute Gasteiger partial charge is 0.380 e. The summed E-state index contributed by atoms with van der Waals surface area (Å²) in [6.45, 7) is 0. The average Bonchev–Trinajstić information content (AvgIpc) is 3.06. The number of benzene rings is 1. The number of hydrogen-bond acceptors (Lipinski definition) is 8. The monoisotopic (exact) mass is 336 g/mol. The lowest BCUT2D eigenvalue weighted by Crippen LogP contribution is -2.14. The maximum absolute atomic E-state index is 11.8. The molecule has 0 radical (unpaired) electrons. The van der Waals surface area contributed by atoms with E-state index >= 15 is 0 Å². The normalized spacial score (nSPS) is 11.0. The topological polar surface area (TPSA) is 151 Å². The van der Waals surface area contributed by atoms with E-state index in [4.69, 9.17) is 5.73 Å². The summed E-state index contributed by atoms with van der Waals surface area (Å²) in [4.78, 5) is 36.8. The molecular weight excluding hydrogens is 328 g/mol. The van der Waals surface area contributed by atoms with Crippen LogP contribution in [0.1, 0.15) is 15.2 Å². The number of hydrogen-bond donors (Lipinski definition) is 1. The molecule has 1 aromatic heterocycles. The van der Waals surface area contributed by atoms with Gasteiger partial charge in [0.25, 0.3) is 11.4 Å². The van der Waals surface area contributed by atoms with Crippen LogP contribution >= 0.6 is 11.3 Å². The van der Waals surface area contributed by atoms with E-state index in [9.17, 15) is 25.0 Å². The maximum Gasteiger partial charge on any atom is 0.366 e. The lowest BCUT2D eigenvalue weighted by molar-refractivity contribution is -0.394. The van der Waals surface area contributed by atoms with Crippen molar-refractivity contribution in [2.75, 3.05) is 0 Å². The van der Waals surface area contributed by atoms with Gasteiger partial charge in [-0.1, -0.05) is 11.2 Å². The highest BCUT2D eigenvalue weighted by molar-refractivity contribution is 7.12. The number of nitro groups is 2. The molecule has 0 saturated heterocycles. The fourth-order valence-electron chi connectivity index (χ4n) is 1.54. The predicted molar refractivity (Wildman–Crippen MR) is 80.2 cm³/mol. The van der Waals surface area contributed by atoms with Crippen LogP contribution in [0.2, 0.25) is 0 Å². The summed E-state index contributed by atoms with van der Waals surface area (Å²) in [6.07, 6.45) is 0. The highest BCUT2D eigenvalue weighted by Gasteiger charge is 2.21. The van der Waals surface area contributed by atoms with Crippen molar-refractivity contribution in [1.82, 2.24) is 0 Å². The summed E-state index contributed by atoms with van der Waals surface area (Å²) in [5.41, 5.74) is 3.99. The number of oxime groups is 1. The van der Waals surface area contributed by atoms with Crippen molar-refractivity contribution in [3.05, 3.63) is 66.4 Å². The van der Waals surface area contributed by atoms with Crippen LogP contribution in [-0.2, 0) is 4.84 Å². The van der Waals surface area contributed by atoms with Gasteiger partial charge in [-0.15, -0.1) is 11.3 Å². The molecule has 23 heavy (non-hydrogen) atoms. The van der Waals surface area contributed by atoms with E-state index in [2.05, 4.69) is 9.99 Å². The number of carbonyl (C=O) groups is 1. The molecule has 0 unspecified atom stereocenters. The Labute approximate surface area is 132 Å². The number of nitro benzene ring substituents is 2. The van der Waals surface area contributed by atoms with Crippen LogP contribution in [0.3, 0.4) is 0 Å². The zero-order chi connectivity index (χ0) is 17.0. The van der Waals surface area contributed by atoms with Crippen LogP contribution < -0.4 is 5.73 Å². The highest BCUT2D eigenvalue weighted by atomic mass is 32.1. The molecule has 0 aliphatic carbocycles. The standard InChI is InChI=1S/C12H8N4O6S/c13-11(10-2-1-3-23-10)14-22-12(17)7-4-8(15(18)19)6-9(5-7)16(20)21/h1-6H,(H2,13,14). The second-order valence-corrected chi connectivity index (χ2v) is 5.03. The van der Waals surface area contributed by atoms with E-state index in [0.29, 0.717) is 4.88 Å². The van der Waals surface area contributed by atoms with E-state index < -0.39 is 27.2 Å². The third-order valence-electron chi connectivity index (χ3n) is 2.56. The van der Waals surface area contributed by atoms with Gasteiger partial charge >= 0.3 is 5.97 Å². The van der Waals surface area contributed by atoms with Gasteiger partial charge in [-0.05, 0) is 11.4 Å². The van der Waals surface area contributed by atoms with Gasteiger partial charge in [0, 0.05) is 12.1 Å². The van der Waals surface area contributed by atoms with Gasteiger partial charge in [0.05, 0.1) is 26.4 Å². The molecule has 0 aliphatic heterocycles. The second kappa shape index (κ2) is 6.62. The Balaban J connectivity index is 2.26. The number of rotatable bonds is 5. The highest BCUT2D eigenvalue weighted by Crippen LogP contribution is 2.23. The van der Waals surface area contributed by atoms with Crippen LogP contribution in [0, 0.1) is 20.2 Å². The number of non-ortho nitro benzene ring substituents is 2. The fraction of sp³-hybridized carbons (Fsp3) is 0. The summed E-state index contributed by atoms with van der Waals surface area (Å²) in [5.74, 6) is -1.16. The average molecular weight is 336 g/mol. The van der Waals surface area contributed by atoms with E-state index in [0.717, 1.165) is 18.2 Å². The van der Waals surface area contributed by atoms with Crippen molar-refractivity contribution in [3.8, 4) is 0 Å². The van der Waals surface area contributed by atoms with Gasteiger partial charge in [-0.25, -0.2) is 4.79 Å². The molecule has 2 aromatic rings. The second-order valence-electron chi connectivity index (χ2n) is 4.08. The smallest absolute Gasteiger partial charge is 0.366 e. The van der Waals surface area contributed by atoms with E-state index in [-0.39, 0.29) is 11.4 Å². The van der Waals surface area contributed by atoms with Crippen molar-refractivity contribution in [1.29, 1.82) is 0 Å². The lowest BCUT2D eigenvalue weighted by Gasteiger charge is -2.00. The minimum atomic E-state index is -1.10. The molecule has 0 bridgehead atoms. The van der Waals surface area contributed by atoms with Crippen LogP contribution in [0.4, 0.5) is 11.4 Å². The molecule has 2 N–H and O–H groups in total. The first kappa shape index (κ1) is 16.0. The predicted octanol–water partition coefficient (Wildman–Crippen LogP) is 2.04. The van der Waals surface area contributed by atoms with E-state index in [1.165, 1.54) is 11.3 Å². The molecule has 0 spiro atoms. The number of amidine groups is 1. The number of nitrogens with two attached hydrogens (primary N) is 1. The van der Waals surface area contributed by atoms with Gasteiger partial charge < -0.3 is 10.6 Å². The van der Waals surface area contributed by atoms with Crippen LogP contribution in [0.25, 0.3) is 0 Å². The van der Waals surface area contributed by atoms with Gasteiger partial charge in [0.15, 0.2) is 5.84 Å². The Morgan fingerprint density at radius 1 is 1.17 bits per heavy atom. The van der Waals surface area contributed by atoms with Crippen LogP contribution in [0.15, 0.2) is 40.9 Å². The first-order valence-electron chi connectivity index (χ1n) is 5.91. The Morgan fingerprint density at radius 2 is 1.78 bits per heavy atom. The van der Waals surface area contributed by atoms with Gasteiger partial charge in [0.2, 0.25) is 0 Å². The molecular formula is C12H8N4O6S. The Hall–Kier alpha value is -3.34. The molecule has 0 aliphatic rings. The summed E-state index contributed by atoms with van der Waals surface area (Å²) < 4.78 is 0. The van der Waals surface area contributed by atoms with Gasteiger partial charge in [-0.2, -0.15) is 0 Å². The zero-order valence-corrected chi connectivity index (χ0v) is 12.1. The molecule has 118 valence electrons. The minimum Gasteiger partial charge on any atom is -0.380 e. The van der Waals surface area contributed by atoms with Crippen molar-refractivity contribution in [2.45, 2.75) is 0 Å². The number of carbonyl (C=O) groups excluding carboxylic acids is 1. The third-order valence-corrected chi connectivity index (χ3v) is 3.45. The molecule has 2 rings (SSSR count). The van der Waals surface area contributed by atoms with Crippen LogP contribution in [-0.4, -0.2) is 21.7 Å². The molecule has 11 heteroatoms. The summed E-state index contributed by atoms with van der Waals surface area (Å²) in [6, 6.07) is 5.81. The van der Waals surface area contributed by atoms with Crippen molar-refractivity contribution < 1.29 is 19.5 Å². The summed E-state index contributed by atoms with van der Waals surface area (Å²) in [7, 11) is 0. The molecule has 10 nitrogen and oxygen atoms in total. The number of nitrogens with zero attached hydrogens (tertiary/aromatic N) is 3. The lowest BCUT2D eigenvalue weighted by atomic mass is 10.2. The molecule has 1 heterocycles. The Kier molecular flexibility index (Phi) is 4.61. The molecule has 0 saturated carbocycles. The summed E-state index contributed by atoms with van der Waals surface area (Å²) in [5, 5.41) is 26.7. The van der Waals surface area contributed by atoms with E-state index in [1.807, 2.05) is 0 Å². The van der Waals surface area contributed by atoms with Crippen molar-refractivity contribution in [2.24, 2.45) is 10.9 Å². The molecule has 0 fully saturated rings. The summed E-state index contributed by atoms with van der Waals surface area (Å²) >= 11 is 1.27. The Morgan fingerprint density at radius 3 is 2.26 bits per heavy atom. The Bertz CT molecular complexity index is 770. The van der Waals surface area contributed by atoms with Crippen LogP contribution in [0.5, 0.6) is 0 Å². The zero-order valence-electron chi connectivity index (χ0n) is 11.2. The molecule has 0 atom stereocenters. The van der Waals surface area contributed by atoms with Crippen molar-refractivity contribution >= 4 is 34.5 Å². The fourth-order valence-corrected chi connectivity index (χ4v) is 2.16. The van der Waals surface area contributed by atoms with Gasteiger partial charge in [0.1, 0.15) is 0 Å². The first-order chi connectivity index (χ1) is 10.9. The molecule has 1 aromatic carbocycles. The quantitative estimate of drug-likeness (QED) is 0.288. The molecule has 0 amide bonds. The first-order valence-corrected chi connectivity index (χ1v) is 6.79. The SMILES string of the molecule is N/C(=N\OC(=O)c1cc([N+](=O)[O-])cc([N+](=O)[O-])c1)c1cccs1. The maximum atomic E-state index is 11.8. The van der Waals surface area contributed by atoms with Crippen molar-refractivity contribution in [3.63, 3.8) is 0 Å². The third kappa shape index (κ3) is 3.85. The van der Waals surface area contributed by atoms with E-state index in [1.54, 1.807) is 17.5 Å². The van der Waals surface area contributed by atoms with Gasteiger partial charge in [-0.3, -0.25) is 20.2 Å². The number of thiophene rings is 1.